The van der Waals surface area contributed by atoms with E-state index in [4.69, 9.17) is 4.74 Å². The van der Waals surface area contributed by atoms with Crippen LogP contribution >= 0.6 is 0 Å². The number of aryl methyl sites for hydroxylation is 2. The summed E-state index contributed by atoms with van der Waals surface area (Å²) in [5.74, 6) is 0.312. The van der Waals surface area contributed by atoms with Crippen molar-refractivity contribution in [2.45, 2.75) is 26.8 Å². The summed E-state index contributed by atoms with van der Waals surface area (Å²) in [5.41, 5.74) is 3.33. The summed E-state index contributed by atoms with van der Waals surface area (Å²) in [7, 11) is 1.58. The van der Waals surface area contributed by atoms with Crippen LogP contribution in [0.25, 0.3) is 0 Å². The zero-order valence-electron chi connectivity index (χ0n) is 12.9. The third kappa shape index (κ3) is 3.22. The zero-order chi connectivity index (χ0) is 15.4. The van der Waals surface area contributed by atoms with Crippen LogP contribution in [0.1, 0.15) is 35.2 Å². The van der Waals surface area contributed by atoms with E-state index < -0.39 is 0 Å². The number of pyridine rings is 1. The van der Waals surface area contributed by atoms with Crippen LogP contribution in [0.5, 0.6) is 5.88 Å². The number of nitrogens with one attached hydrogen (secondary N) is 1. The first kappa shape index (κ1) is 15.4. The first-order chi connectivity index (χ1) is 10.1. The maximum atomic E-state index is 14.5. The fourth-order valence-electron chi connectivity index (χ4n) is 2.66. The van der Waals surface area contributed by atoms with Gasteiger partial charge >= 0.3 is 0 Å². The van der Waals surface area contributed by atoms with Crippen molar-refractivity contribution < 1.29 is 9.13 Å². The van der Waals surface area contributed by atoms with Crippen molar-refractivity contribution in [3.8, 4) is 5.88 Å². The molecule has 112 valence electrons. The SMILES string of the molecule is CCNC(c1cccnc1OC)c1c(C)cc(C)cc1F. The van der Waals surface area contributed by atoms with Crippen molar-refractivity contribution in [3.05, 3.63) is 58.5 Å². The summed E-state index contributed by atoms with van der Waals surface area (Å²) in [6.45, 7) is 6.54. The first-order valence-corrected chi connectivity index (χ1v) is 7.07. The van der Waals surface area contributed by atoms with E-state index in [2.05, 4.69) is 10.3 Å². The molecule has 0 aliphatic carbocycles. The van der Waals surface area contributed by atoms with Crippen LogP contribution in [-0.2, 0) is 0 Å². The summed E-state index contributed by atoms with van der Waals surface area (Å²) < 4.78 is 19.8. The molecule has 2 rings (SSSR count). The van der Waals surface area contributed by atoms with Gasteiger partial charge in [-0.25, -0.2) is 9.37 Å². The standard InChI is InChI=1S/C17H21FN2O/c1-5-19-16(13-7-6-8-20-17(13)21-4)15-12(3)9-11(2)10-14(15)18/h6-10,16,19H,5H2,1-4H3. The molecule has 0 saturated heterocycles. The molecular weight excluding hydrogens is 267 g/mol. The van der Waals surface area contributed by atoms with Gasteiger partial charge in [-0.05, 0) is 43.7 Å². The van der Waals surface area contributed by atoms with E-state index in [0.717, 1.165) is 23.2 Å². The Kier molecular flexibility index (Phi) is 4.91. The number of nitrogens with zero attached hydrogens (tertiary/aromatic N) is 1. The van der Waals surface area contributed by atoms with E-state index in [1.165, 1.54) is 0 Å². The third-order valence-corrected chi connectivity index (χ3v) is 3.48. The minimum absolute atomic E-state index is 0.204. The van der Waals surface area contributed by atoms with Crippen LogP contribution in [-0.4, -0.2) is 18.6 Å². The second-order valence-corrected chi connectivity index (χ2v) is 5.07. The van der Waals surface area contributed by atoms with E-state index in [1.807, 2.05) is 39.0 Å². The van der Waals surface area contributed by atoms with Crippen molar-refractivity contribution in [1.82, 2.24) is 10.3 Å². The zero-order valence-corrected chi connectivity index (χ0v) is 12.9. The van der Waals surface area contributed by atoms with Gasteiger partial charge in [-0.3, -0.25) is 0 Å². The lowest BCUT2D eigenvalue weighted by atomic mass is 9.93. The molecule has 0 spiro atoms. The number of aromatic nitrogens is 1. The Bertz CT molecular complexity index is 605. The Labute approximate surface area is 125 Å². The molecule has 1 aromatic heterocycles. The van der Waals surface area contributed by atoms with Crippen LogP contribution in [0, 0.1) is 19.7 Å². The monoisotopic (exact) mass is 288 g/mol. The highest BCUT2D eigenvalue weighted by atomic mass is 19.1. The predicted octanol–water partition coefficient (Wildman–Crippen LogP) is 3.55. The van der Waals surface area contributed by atoms with Gasteiger partial charge in [0.1, 0.15) is 5.82 Å². The Balaban J connectivity index is 2.59. The maximum Gasteiger partial charge on any atom is 0.218 e. The molecule has 0 saturated carbocycles. The first-order valence-electron chi connectivity index (χ1n) is 7.07. The quantitative estimate of drug-likeness (QED) is 0.913. The molecule has 1 atom stereocenters. The minimum atomic E-state index is -0.278. The number of halogens is 1. The van der Waals surface area contributed by atoms with Gasteiger partial charge < -0.3 is 10.1 Å². The molecule has 2 aromatic rings. The molecule has 1 unspecified atom stereocenters. The molecule has 1 N–H and O–H groups in total. The highest BCUT2D eigenvalue weighted by molar-refractivity contribution is 5.43. The number of hydrogen-bond donors (Lipinski definition) is 1. The molecule has 0 fully saturated rings. The molecule has 0 aliphatic heterocycles. The summed E-state index contributed by atoms with van der Waals surface area (Å²) in [5, 5.41) is 3.33. The van der Waals surface area contributed by atoms with Gasteiger partial charge in [-0.1, -0.05) is 19.1 Å². The molecule has 3 nitrogen and oxygen atoms in total. The van der Waals surface area contributed by atoms with Crippen molar-refractivity contribution in [2.75, 3.05) is 13.7 Å². The smallest absolute Gasteiger partial charge is 0.218 e. The fourth-order valence-corrected chi connectivity index (χ4v) is 2.66. The molecule has 1 heterocycles. The second-order valence-electron chi connectivity index (χ2n) is 5.07. The normalized spacial score (nSPS) is 12.2. The highest BCUT2D eigenvalue weighted by Crippen LogP contribution is 2.32. The van der Waals surface area contributed by atoms with Gasteiger partial charge in [0, 0.05) is 17.3 Å². The van der Waals surface area contributed by atoms with Crippen LogP contribution in [0.4, 0.5) is 4.39 Å². The summed E-state index contributed by atoms with van der Waals surface area (Å²) in [6, 6.07) is 7.03. The van der Waals surface area contributed by atoms with E-state index in [1.54, 1.807) is 19.4 Å². The minimum Gasteiger partial charge on any atom is -0.481 e. The van der Waals surface area contributed by atoms with Crippen LogP contribution < -0.4 is 10.1 Å². The van der Waals surface area contributed by atoms with Crippen molar-refractivity contribution in [2.24, 2.45) is 0 Å². The maximum absolute atomic E-state index is 14.5. The average molecular weight is 288 g/mol. The molecular formula is C17H21FN2O. The number of ether oxygens (including phenoxy) is 1. The predicted molar refractivity (Wildman–Crippen MR) is 82.2 cm³/mol. The number of methoxy groups -OCH3 is 1. The van der Waals surface area contributed by atoms with Gasteiger partial charge in [0.15, 0.2) is 0 Å². The third-order valence-electron chi connectivity index (χ3n) is 3.48. The summed E-state index contributed by atoms with van der Waals surface area (Å²) in [4.78, 5) is 4.22. The summed E-state index contributed by atoms with van der Waals surface area (Å²) >= 11 is 0. The van der Waals surface area contributed by atoms with Crippen LogP contribution in [0.3, 0.4) is 0 Å². The molecule has 4 heteroatoms. The average Bonchev–Trinajstić information content (AvgIpc) is 2.45. The Hall–Kier alpha value is -1.94. The molecule has 0 radical (unpaired) electrons. The Morgan fingerprint density at radius 3 is 2.71 bits per heavy atom. The lowest BCUT2D eigenvalue weighted by Crippen LogP contribution is -2.24. The van der Waals surface area contributed by atoms with Gasteiger partial charge in [-0.15, -0.1) is 0 Å². The number of rotatable bonds is 5. The van der Waals surface area contributed by atoms with E-state index in [0.29, 0.717) is 11.4 Å². The van der Waals surface area contributed by atoms with Gasteiger partial charge in [0.05, 0.1) is 13.2 Å². The molecule has 21 heavy (non-hydrogen) atoms. The highest BCUT2D eigenvalue weighted by Gasteiger charge is 2.23. The van der Waals surface area contributed by atoms with E-state index in [9.17, 15) is 4.39 Å². The lowest BCUT2D eigenvalue weighted by Gasteiger charge is -2.23. The van der Waals surface area contributed by atoms with Crippen LogP contribution in [0.15, 0.2) is 30.5 Å². The second kappa shape index (κ2) is 6.68. The van der Waals surface area contributed by atoms with Gasteiger partial charge in [0.2, 0.25) is 5.88 Å². The van der Waals surface area contributed by atoms with E-state index >= 15 is 0 Å². The van der Waals surface area contributed by atoms with Crippen molar-refractivity contribution in [1.29, 1.82) is 0 Å². The fraction of sp³-hybridized carbons (Fsp3) is 0.353. The molecule has 0 amide bonds. The molecule has 0 bridgehead atoms. The van der Waals surface area contributed by atoms with Crippen molar-refractivity contribution >= 4 is 0 Å². The van der Waals surface area contributed by atoms with Crippen LogP contribution in [0.2, 0.25) is 0 Å². The van der Waals surface area contributed by atoms with Gasteiger partial charge in [-0.2, -0.15) is 0 Å². The topological polar surface area (TPSA) is 34.2 Å². The number of benzene rings is 1. The number of hydrogen-bond acceptors (Lipinski definition) is 3. The largest absolute Gasteiger partial charge is 0.481 e. The van der Waals surface area contributed by atoms with Crippen molar-refractivity contribution in [3.63, 3.8) is 0 Å². The Morgan fingerprint density at radius 1 is 1.33 bits per heavy atom. The molecule has 1 aromatic carbocycles. The Morgan fingerprint density at radius 2 is 2.10 bits per heavy atom. The lowest BCUT2D eigenvalue weighted by molar-refractivity contribution is 0.386. The molecule has 0 aliphatic rings. The van der Waals surface area contributed by atoms with E-state index in [-0.39, 0.29) is 11.9 Å². The van der Waals surface area contributed by atoms with Gasteiger partial charge in [0.25, 0.3) is 0 Å². The summed E-state index contributed by atoms with van der Waals surface area (Å²) in [6.07, 6.45) is 1.67.